The van der Waals surface area contributed by atoms with Crippen LogP contribution in [0.1, 0.15) is 35.1 Å². The highest BCUT2D eigenvalue weighted by Crippen LogP contribution is 2.20. The first-order valence-corrected chi connectivity index (χ1v) is 7.08. The number of aryl methyl sites for hydroxylation is 2. The van der Waals surface area contributed by atoms with Gasteiger partial charge in [-0.15, -0.1) is 11.3 Å². The highest BCUT2D eigenvalue weighted by molar-refractivity contribution is 7.12. The lowest BCUT2D eigenvalue weighted by Crippen LogP contribution is -2.45. The molecule has 0 saturated heterocycles. The number of nitrogens with one attached hydrogen (secondary N) is 2. The molecule has 0 saturated carbocycles. The Morgan fingerprint density at radius 1 is 1.42 bits per heavy atom. The van der Waals surface area contributed by atoms with E-state index in [2.05, 4.69) is 10.6 Å². The maximum absolute atomic E-state index is 11.6. The maximum atomic E-state index is 11.6. The third-order valence-corrected chi connectivity index (χ3v) is 3.97. The molecule has 2 amide bonds. The van der Waals surface area contributed by atoms with E-state index < -0.39 is 18.0 Å². The first-order valence-electron chi connectivity index (χ1n) is 6.27. The van der Waals surface area contributed by atoms with E-state index >= 15 is 0 Å². The summed E-state index contributed by atoms with van der Waals surface area (Å²) >= 11 is 1.63. The van der Waals surface area contributed by atoms with E-state index in [1.54, 1.807) is 11.3 Å². The molecule has 0 radical (unpaired) electrons. The fraction of sp³-hybridized carbons (Fsp3) is 0.538. The van der Waals surface area contributed by atoms with Gasteiger partial charge in [0.15, 0.2) is 0 Å². The van der Waals surface area contributed by atoms with E-state index in [0.29, 0.717) is 19.4 Å². The number of aliphatic carboxylic acids is 1. The molecule has 1 rings (SSSR count). The number of hydrogen-bond donors (Lipinski definition) is 3. The van der Waals surface area contributed by atoms with Crippen molar-refractivity contribution in [1.29, 1.82) is 0 Å². The van der Waals surface area contributed by atoms with Crippen molar-refractivity contribution in [3.8, 4) is 0 Å². The van der Waals surface area contributed by atoms with E-state index in [-0.39, 0.29) is 0 Å². The molecular weight excluding hydrogens is 264 g/mol. The molecular formula is C13H20N2O3S. The SMILES string of the molecule is CCC[C@@H](NC(=O)NCc1cc(C)c(C)s1)C(=O)O. The van der Waals surface area contributed by atoms with Crippen LogP contribution in [0, 0.1) is 13.8 Å². The second-order valence-corrected chi connectivity index (χ2v) is 5.80. The van der Waals surface area contributed by atoms with Crippen molar-refractivity contribution in [2.75, 3.05) is 0 Å². The molecule has 0 fully saturated rings. The number of urea groups is 1. The predicted molar refractivity (Wildman–Crippen MR) is 75.5 cm³/mol. The minimum Gasteiger partial charge on any atom is -0.480 e. The Morgan fingerprint density at radius 3 is 2.58 bits per heavy atom. The third-order valence-electron chi connectivity index (χ3n) is 2.82. The Morgan fingerprint density at radius 2 is 2.11 bits per heavy atom. The van der Waals surface area contributed by atoms with Crippen LogP contribution in [0.5, 0.6) is 0 Å². The number of rotatable bonds is 6. The highest BCUT2D eigenvalue weighted by Gasteiger charge is 2.18. The first-order chi connectivity index (χ1) is 8.93. The Balaban J connectivity index is 2.44. The van der Waals surface area contributed by atoms with Crippen LogP contribution in [0.15, 0.2) is 6.07 Å². The fourth-order valence-corrected chi connectivity index (χ4v) is 2.65. The van der Waals surface area contributed by atoms with Gasteiger partial charge in [-0.25, -0.2) is 9.59 Å². The lowest BCUT2D eigenvalue weighted by atomic mass is 10.2. The number of thiophene rings is 1. The van der Waals surface area contributed by atoms with E-state index in [9.17, 15) is 9.59 Å². The minimum absolute atomic E-state index is 0.420. The number of carbonyl (C=O) groups is 2. The summed E-state index contributed by atoms with van der Waals surface area (Å²) in [6, 6.07) is 0.766. The van der Waals surface area contributed by atoms with Crippen molar-refractivity contribution in [3.05, 3.63) is 21.4 Å². The van der Waals surface area contributed by atoms with Crippen molar-refractivity contribution in [1.82, 2.24) is 10.6 Å². The molecule has 0 bridgehead atoms. The normalized spacial score (nSPS) is 11.9. The molecule has 6 heteroatoms. The average molecular weight is 284 g/mol. The standard InChI is InChI=1S/C13H20N2O3S/c1-4-5-11(12(16)17)15-13(18)14-7-10-6-8(2)9(3)19-10/h6,11H,4-5,7H2,1-3H3,(H,16,17)(H2,14,15,18)/t11-/m1/s1. The van der Waals surface area contributed by atoms with Gasteiger partial charge in [-0.1, -0.05) is 13.3 Å². The molecule has 0 aliphatic heterocycles. The van der Waals surface area contributed by atoms with Crippen molar-refractivity contribution < 1.29 is 14.7 Å². The van der Waals surface area contributed by atoms with Gasteiger partial charge < -0.3 is 15.7 Å². The number of amides is 2. The van der Waals surface area contributed by atoms with E-state index in [4.69, 9.17) is 5.11 Å². The molecule has 1 aromatic heterocycles. The van der Waals surface area contributed by atoms with Crippen LogP contribution in [0.4, 0.5) is 4.79 Å². The molecule has 0 aliphatic carbocycles. The second-order valence-electron chi connectivity index (χ2n) is 4.46. The fourth-order valence-electron chi connectivity index (χ4n) is 1.66. The van der Waals surface area contributed by atoms with E-state index in [1.165, 1.54) is 10.4 Å². The molecule has 19 heavy (non-hydrogen) atoms. The predicted octanol–water partition coefficient (Wildman–Crippen LogP) is 2.42. The summed E-state index contributed by atoms with van der Waals surface area (Å²) < 4.78 is 0. The monoisotopic (exact) mass is 284 g/mol. The zero-order valence-corrected chi connectivity index (χ0v) is 12.3. The van der Waals surface area contributed by atoms with Gasteiger partial charge in [-0.2, -0.15) is 0 Å². The Labute approximate surface area is 117 Å². The third kappa shape index (κ3) is 4.90. The Hall–Kier alpha value is -1.56. The molecule has 0 spiro atoms. The average Bonchev–Trinajstić information content (AvgIpc) is 2.65. The molecule has 106 valence electrons. The van der Waals surface area contributed by atoms with Crippen molar-refractivity contribution in [3.63, 3.8) is 0 Å². The smallest absolute Gasteiger partial charge is 0.326 e. The molecule has 1 atom stereocenters. The zero-order chi connectivity index (χ0) is 14.4. The zero-order valence-electron chi connectivity index (χ0n) is 11.4. The summed E-state index contributed by atoms with van der Waals surface area (Å²) in [4.78, 5) is 24.8. The van der Waals surface area contributed by atoms with Gasteiger partial charge in [0.2, 0.25) is 0 Å². The number of hydrogen-bond acceptors (Lipinski definition) is 3. The molecule has 0 unspecified atom stereocenters. The van der Waals surface area contributed by atoms with E-state index in [1.807, 2.05) is 26.8 Å². The lowest BCUT2D eigenvalue weighted by Gasteiger charge is -2.13. The summed E-state index contributed by atoms with van der Waals surface area (Å²) in [6.45, 7) is 6.36. The quantitative estimate of drug-likeness (QED) is 0.750. The van der Waals surface area contributed by atoms with Gasteiger partial charge in [-0.3, -0.25) is 0 Å². The van der Waals surface area contributed by atoms with Crippen molar-refractivity contribution in [2.45, 2.75) is 46.2 Å². The van der Waals surface area contributed by atoms with Crippen molar-refractivity contribution >= 4 is 23.3 Å². The van der Waals surface area contributed by atoms with E-state index in [0.717, 1.165) is 4.88 Å². The molecule has 1 heterocycles. The Kier molecular flexibility index (Phi) is 5.82. The summed E-state index contributed by atoms with van der Waals surface area (Å²) in [5, 5.41) is 14.1. The second kappa shape index (κ2) is 7.13. The van der Waals surface area contributed by atoms with Crippen LogP contribution in [-0.4, -0.2) is 23.1 Å². The van der Waals surface area contributed by atoms with Crippen LogP contribution < -0.4 is 10.6 Å². The summed E-state index contributed by atoms with van der Waals surface area (Å²) in [5.74, 6) is -1.00. The molecule has 0 aromatic carbocycles. The van der Waals surface area contributed by atoms with Gasteiger partial charge in [-0.05, 0) is 31.9 Å². The molecule has 1 aromatic rings. The van der Waals surface area contributed by atoms with Crippen LogP contribution in [0.2, 0.25) is 0 Å². The van der Waals surface area contributed by atoms with Crippen LogP contribution >= 0.6 is 11.3 Å². The van der Waals surface area contributed by atoms with Crippen LogP contribution in [-0.2, 0) is 11.3 Å². The minimum atomic E-state index is -1.00. The lowest BCUT2D eigenvalue weighted by molar-refractivity contribution is -0.139. The summed E-state index contributed by atoms with van der Waals surface area (Å²) in [5.41, 5.74) is 1.21. The van der Waals surface area contributed by atoms with Gasteiger partial charge in [0.05, 0.1) is 6.54 Å². The summed E-state index contributed by atoms with van der Waals surface area (Å²) in [6.07, 6.45) is 1.14. The summed E-state index contributed by atoms with van der Waals surface area (Å²) in [7, 11) is 0. The van der Waals surface area contributed by atoms with Crippen LogP contribution in [0.25, 0.3) is 0 Å². The van der Waals surface area contributed by atoms with Gasteiger partial charge in [0.25, 0.3) is 0 Å². The Bertz CT molecular complexity index is 437. The maximum Gasteiger partial charge on any atom is 0.326 e. The molecule has 0 aliphatic rings. The number of carboxylic acid groups (broad SMARTS) is 1. The van der Waals surface area contributed by atoms with Crippen molar-refractivity contribution in [2.24, 2.45) is 0 Å². The topological polar surface area (TPSA) is 78.4 Å². The molecule has 5 nitrogen and oxygen atoms in total. The largest absolute Gasteiger partial charge is 0.480 e. The van der Waals surface area contributed by atoms with Gasteiger partial charge >= 0.3 is 12.0 Å². The molecule has 3 N–H and O–H groups in total. The number of carboxylic acids is 1. The van der Waals surface area contributed by atoms with Gasteiger partial charge in [0.1, 0.15) is 6.04 Å². The van der Waals surface area contributed by atoms with Gasteiger partial charge in [0, 0.05) is 9.75 Å². The van der Waals surface area contributed by atoms with Crippen LogP contribution in [0.3, 0.4) is 0 Å². The highest BCUT2D eigenvalue weighted by atomic mass is 32.1. The number of carbonyl (C=O) groups excluding carboxylic acids is 1. The first kappa shape index (κ1) is 15.5.